The second kappa shape index (κ2) is 23.1. The number of carboxylic acid groups (broad SMARTS) is 1. The zero-order valence-electron chi connectivity index (χ0n) is 20.1. The van der Waals surface area contributed by atoms with E-state index in [9.17, 15) is 9.59 Å². The van der Waals surface area contributed by atoms with Gasteiger partial charge in [-0.25, -0.2) is 0 Å². The fraction of sp³-hybridized carbons (Fsp3) is 0.778. The van der Waals surface area contributed by atoms with Gasteiger partial charge in [0.05, 0.1) is 12.3 Å². The Labute approximate surface area is 191 Å². The first-order chi connectivity index (χ1) is 15.1. The van der Waals surface area contributed by atoms with Crippen LogP contribution in [0, 0.1) is 5.92 Å². The topological polar surface area (TPSA) is 63.6 Å². The van der Waals surface area contributed by atoms with Gasteiger partial charge >= 0.3 is 11.9 Å². The third-order valence-corrected chi connectivity index (χ3v) is 5.66. The van der Waals surface area contributed by atoms with Gasteiger partial charge in [0.15, 0.2) is 0 Å². The van der Waals surface area contributed by atoms with Crippen molar-refractivity contribution >= 4 is 11.9 Å². The number of carbonyl (C=O) groups is 2. The molecule has 1 N–H and O–H groups in total. The molecule has 1 atom stereocenters. The van der Waals surface area contributed by atoms with E-state index in [1.165, 1.54) is 89.5 Å². The summed E-state index contributed by atoms with van der Waals surface area (Å²) in [5.74, 6) is -1.89. The first kappa shape index (κ1) is 29.4. The highest BCUT2D eigenvalue weighted by Gasteiger charge is 2.22. The molecule has 4 nitrogen and oxygen atoms in total. The van der Waals surface area contributed by atoms with Crippen LogP contribution in [-0.2, 0) is 14.3 Å². The van der Waals surface area contributed by atoms with E-state index in [2.05, 4.69) is 25.7 Å². The van der Waals surface area contributed by atoms with Gasteiger partial charge in [-0.1, -0.05) is 109 Å². The summed E-state index contributed by atoms with van der Waals surface area (Å²) in [7, 11) is 0. The highest BCUT2D eigenvalue weighted by atomic mass is 16.5. The van der Waals surface area contributed by atoms with Crippen molar-refractivity contribution in [2.45, 2.75) is 122 Å². The molecule has 0 radical (unpaired) electrons. The van der Waals surface area contributed by atoms with E-state index in [0.717, 1.165) is 19.3 Å². The predicted octanol–water partition coefficient (Wildman–Crippen LogP) is 8.01. The van der Waals surface area contributed by atoms with Crippen molar-refractivity contribution in [3.05, 3.63) is 24.8 Å². The Bertz CT molecular complexity index is 470. The van der Waals surface area contributed by atoms with E-state index in [1.807, 2.05) is 0 Å². The fourth-order valence-corrected chi connectivity index (χ4v) is 3.76. The highest BCUT2D eigenvalue weighted by Crippen LogP contribution is 2.18. The average molecular weight is 437 g/mol. The molecule has 0 aromatic carbocycles. The van der Waals surface area contributed by atoms with Crippen LogP contribution in [0.25, 0.3) is 0 Å². The molecule has 0 aliphatic heterocycles. The van der Waals surface area contributed by atoms with E-state index in [4.69, 9.17) is 9.84 Å². The van der Waals surface area contributed by atoms with Gasteiger partial charge in [0.25, 0.3) is 0 Å². The zero-order valence-corrected chi connectivity index (χ0v) is 20.1. The molecule has 0 aromatic rings. The Morgan fingerprint density at radius 1 is 0.806 bits per heavy atom. The van der Waals surface area contributed by atoms with Gasteiger partial charge in [-0.3, -0.25) is 9.59 Å². The minimum absolute atomic E-state index is 0.144. The maximum Gasteiger partial charge on any atom is 0.309 e. The monoisotopic (exact) mass is 436 g/mol. The van der Waals surface area contributed by atoms with Crippen molar-refractivity contribution in [3.8, 4) is 0 Å². The number of esters is 1. The van der Waals surface area contributed by atoms with Crippen molar-refractivity contribution in [1.29, 1.82) is 0 Å². The summed E-state index contributed by atoms with van der Waals surface area (Å²) >= 11 is 0. The number of hydrogen-bond donors (Lipinski definition) is 1. The summed E-state index contributed by atoms with van der Waals surface area (Å²) in [6, 6.07) is 0. The minimum atomic E-state index is -0.945. The van der Waals surface area contributed by atoms with E-state index < -0.39 is 17.9 Å². The summed E-state index contributed by atoms with van der Waals surface area (Å²) in [4.78, 5) is 22.9. The lowest BCUT2D eigenvalue weighted by Crippen LogP contribution is -2.21. The van der Waals surface area contributed by atoms with Crippen LogP contribution in [-0.4, -0.2) is 23.7 Å². The lowest BCUT2D eigenvalue weighted by atomic mass is 9.97. The molecular formula is C27H48O4. The molecule has 0 bridgehead atoms. The standard InChI is InChI=1S/C27H48O4/c1-3-5-6-7-8-9-10-11-12-13-14-15-16-17-18-19-20-21-22-25(24-26(28)29)27(30)31-23-4-2/h4,8-9,25H,2-3,5-7,10-24H2,1H3,(H,28,29)/b9-8+. The Kier molecular flexibility index (Phi) is 21.9. The van der Waals surface area contributed by atoms with Crippen molar-refractivity contribution in [3.63, 3.8) is 0 Å². The lowest BCUT2D eigenvalue weighted by molar-refractivity contribution is -0.152. The largest absolute Gasteiger partial charge is 0.481 e. The third-order valence-electron chi connectivity index (χ3n) is 5.66. The van der Waals surface area contributed by atoms with Crippen LogP contribution in [0.1, 0.15) is 122 Å². The maximum absolute atomic E-state index is 11.9. The summed E-state index contributed by atoms with van der Waals surface area (Å²) in [6.45, 7) is 5.90. The molecule has 0 saturated carbocycles. The number of hydrogen-bond acceptors (Lipinski definition) is 3. The normalized spacial score (nSPS) is 12.2. The Morgan fingerprint density at radius 3 is 1.77 bits per heavy atom. The number of aliphatic carboxylic acids is 1. The molecule has 0 aliphatic carbocycles. The summed E-state index contributed by atoms with van der Waals surface area (Å²) in [6.07, 6.45) is 26.8. The summed E-state index contributed by atoms with van der Waals surface area (Å²) < 4.78 is 5.02. The van der Waals surface area contributed by atoms with Crippen LogP contribution in [0.2, 0.25) is 0 Å². The van der Waals surface area contributed by atoms with Gasteiger partial charge in [-0.05, 0) is 32.1 Å². The van der Waals surface area contributed by atoms with Crippen LogP contribution in [0.4, 0.5) is 0 Å². The van der Waals surface area contributed by atoms with E-state index >= 15 is 0 Å². The van der Waals surface area contributed by atoms with Crippen LogP contribution >= 0.6 is 0 Å². The molecule has 31 heavy (non-hydrogen) atoms. The van der Waals surface area contributed by atoms with Gasteiger partial charge < -0.3 is 9.84 Å². The predicted molar refractivity (Wildman–Crippen MR) is 130 cm³/mol. The number of carboxylic acids is 1. The van der Waals surface area contributed by atoms with Crippen LogP contribution in [0.3, 0.4) is 0 Å². The molecule has 4 heteroatoms. The van der Waals surface area contributed by atoms with Gasteiger partial charge in [-0.15, -0.1) is 0 Å². The number of ether oxygens (including phenoxy) is 1. The van der Waals surface area contributed by atoms with Gasteiger partial charge in [0, 0.05) is 0 Å². The second-order valence-corrected chi connectivity index (χ2v) is 8.65. The van der Waals surface area contributed by atoms with Crippen molar-refractivity contribution in [1.82, 2.24) is 0 Å². The lowest BCUT2D eigenvalue weighted by Gasteiger charge is -2.13. The molecule has 1 unspecified atom stereocenters. The summed E-state index contributed by atoms with van der Waals surface area (Å²) in [5.41, 5.74) is 0. The molecule has 0 rings (SSSR count). The van der Waals surface area contributed by atoms with Gasteiger partial charge in [0.1, 0.15) is 6.61 Å². The molecule has 0 fully saturated rings. The fourth-order valence-electron chi connectivity index (χ4n) is 3.76. The molecule has 180 valence electrons. The molecule has 0 aliphatic rings. The second-order valence-electron chi connectivity index (χ2n) is 8.65. The number of allylic oxidation sites excluding steroid dienone is 2. The van der Waals surface area contributed by atoms with Crippen molar-refractivity contribution < 1.29 is 19.4 Å². The van der Waals surface area contributed by atoms with Crippen LogP contribution in [0.5, 0.6) is 0 Å². The smallest absolute Gasteiger partial charge is 0.309 e. The summed E-state index contributed by atoms with van der Waals surface area (Å²) in [5, 5.41) is 8.98. The zero-order chi connectivity index (χ0) is 23.0. The van der Waals surface area contributed by atoms with Crippen molar-refractivity contribution in [2.24, 2.45) is 5.92 Å². The van der Waals surface area contributed by atoms with Crippen LogP contribution in [0.15, 0.2) is 24.8 Å². The minimum Gasteiger partial charge on any atom is -0.481 e. The third kappa shape index (κ3) is 21.4. The Morgan fingerprint density at radius 2 is 1.29 bits per heavy atom. The maximum atomic E-state index is 11.9. The first-order valence-corrected chi connectivity index (χ1v) is 12.8. The van der Waals surface area contributed by atoms with Crippen LogP contribution < -0.4 is 0 Å². The van der Waals surface area contributed by atoms with Gasteiger partial charge in [-0.2, -0.15) is 0 Å². The first-order valence-electron chi connectivity index (χ1n) is 12.8. The van der Waals surface area contributed by atoms with Gasteiger partial charge in [0.2, 0.25) is 0 Å². The molecule has 0 saturated heterocycles. The number of rotatable bonds is 23. The number of unbranched alkanes of at least 4 members (excludes halogenated alkanes) is 14. The molecule has 0 amide bonds. The van der Waals surface area contributed by atoms with E-state index in [-0.39, 0.29) is 13.0 Å². The Hall–Kier alpha value is -1.58. The molecule has 0 spiro atoms. The molecular weight excluding hydrogens is 388 g/mol. The Balaban J connectivity index is 3.48. The number of carbonyl (C=O) groups excluding carboxylic acids is 1. The van der Waals surface area contributed by atoms with E-state index in [1.54, 1.807) is 0 Å². The van der Waals surface area contributed by atoms with Crippen molar-refractivity contribution in [2.75, 3.05) is 6.61 Å². The SMILES string of the molecule is C=CCOC(=O)C(CCCCCCCCCCCCC/C=C/CCCCC)CC(=O)O. The molecule has 0 aromatic heterocycles. The average Bonchev–Trinajstić information content (AvgIpc) is 2.75. The highest BCUT2D eigenvalue weighted by molar-refractivity contribution is 5.79. The van der Waals surface area contributed by atoms with E-state index in [0.29, 0.717) is 6.42 Å². The molecule has 0 heterocycles. The quantitative estimate of drug-likeness (QED) is 0.100.